The van der Waals surface area contributed by atoms with Crippen LogP contribution in [-0.4, -0.2) is 16.7 Å². The fraction of sp³-hybridized carbons (Fsp3) is 0.333. The first-order valence-electron chi connectivity index (χ1n) is 8.52. The second kappa shape index (κ2) is 7.00. The van der Waals surface area contributed by atoms with Crippen LogP contribution in [0.4, 0.5) is 0 Å². The number of fused-ring (bicyclic) bond motifs is 2. The summed E-state index contributed by atoms with van der Waals surface area (Å²) in [5.41, 5.74) is 5.23. The van der Waals surface area contributed by atoms with Gasteiger partial charge in [0.05, 0.1) is 0 Å². The molecule has 2 aliphatic rings. The molecule has 0 heterocycles. The number of carbonyl (C=O) groups is 2. The van der Waals surface area contributed by atoms with Gasteiger partial charge in [-0.15, -0.1) is 0 Å². The molecule has 0 aromatic heterocycles. The maximum absolute atomic E-state index is 11.4. The van der Waals surface area contributed by atoms with Crippen LogP contribution in [0.25, 0.3) is 0 Å². The van der Waals surface area contributed by atoms with Crippen LogP contribution in [0.3, 0.4) is 0 Å². The highest BCUT2D eigenvalue weighted by Gasteiger charge is 2.17. The Morgan fingerprint density at radius 2 is 1.29 bits per heavy atom. The number of Topliss-reactive ketones (excluding diaryl/α,β-unsaturated/α-hetero) is 2. The van der Waals surface area contributed by atoms with Gasteiger partial charge < -0.3 is 5.11 Å². The van der Waals surface area contributed by atoms with E-state index in [1.165, 1.54) is 11.1 Å². The van der Waals surface area contributed by atoms with E-state index in [1.807, 2.05) is 12.1 Å². The Kier molecular flexibility index (Phi) is 4.79. The third-order valence-corrected chi connectivity index (χ3v) is 4.65. The van der Waals surface area contributed by atoms with Crippen LogP contribution in [0.2, 0.25) is 0 Å². The summed E-state index contributed by atoms with van der Waals surface area (Å²) in [6.07, 6.45) is 5.30. The summed E-state index contributed by atoms with van der Waals surface area (Å²) in [5, 5.41) is 9.16. The highest BCUT2D eigenvalue weighted by Crippen LogP contribution is 2.24. The van der Waals surface area contributed by atoms with Crippen LogP contribution in [0, 0.1) is 6.92 Å². The molecular formula is C21H22O3. The SMILES string of the molecule is Cc1ccc2c(c1)CCCC2=O.O=C1CCCc2cc(O)ccc21. The van der Waals surface area contributed by atoms with Gasteiger partial charge in [-0.3, -0.25) is 9.59 Å². The van der Waals surface area contributed by atoms with Gasteiger partial charge in [0, 0.05) is 24.0 Å². The molecule has 2 aromatic rings. The van der Waals surface area contributed by atoms with E-state index in [9.17, 15) is 9.59 Å². The highest BCUT2D eigenvalue weighted by molar-refractivity contribution is 5.99. The highest BCUT2D eigenvalue weighted by atomic mass is 16.3. The lowest BCUT2D eigenvalue weighted by Gasteiger charge is -2.14. The first-order chi connectivity index (χ1) is 11.5. The Balaban J connectivity index is 0.000000141. The molecule has 0 aliphatic heterocycles. The maximum atomic E-state index is 11.4. The molecule has 0 spiro atoms. The molecular weight excluding hydrogens is 300 g/mol. The molecule has 4 rings (SSSR count). The monoisotopic (exact) mass is 322 g/mol. The normalized spacial score (nSPS) is 15.9. The van der Waals surface area contributed by atoms with Gasteiger partial charge in [-0.25, -0.2) is 0 Å². The number of aryl methyl sites for hydroxylation is 3. The van der Waals surface area contributed by atoms with E-state index in [-0.39, 0.29) is 11.5 Å². The molecule has 2 aliphatic carbocycles. The Hall–Kier alpha value is -2.42. The minimum Gasteiger partial charge on any atom is -0.508 e. The first-order valence-corrected chi connectivity index (χ1v) is 8.52. The van der Waals surface area contributed by atoms with Crippen molar-refractivity contribution >= 4 is 11.6 Å². The molecule has 124 valence electrons. The molecule has 0 saturated heterocycles. The number of rotatable bonds is 0. The molecule has 0 saturated carbocycles. The van der Waals surface area contributed by atoms with Gasteiger partial charge in [-0.1, -0.05) is 23.8 Å². The number of hydrogen-bond donors (Lipinski definition) is 1. The number of phenolic OH excluding ortho intramolecular Hbond substituents is 1. The Bertz CT molecular complexity index is 722. The third kappa shape index (κ3) is 3.56. The zero-order valence-electron chi connectivity index (χ0n) is 14.0. The maximum Gasteiger partial charge on any atom is 0.163 e. The van der Waals surface area contributed by atoms with E-state index < -0.39 is 0 Å². The number of benzene rings is 2. The van der Waals surface area contributed by atoms with Gasteiger partial charge in [-0.05, 0) is 61.9 Å². The second-order valence-electron chi connectivity index (χ2n) is 6.56. The quantitative estimate of drug-likeness (QED) is 0.781. The minimum atomic E-state index is 0.205. The molecule has 0 radical (unpaired) electrons. The molecule has 2 aromatic carbocycles. The van der Waals surface area contributed by atoms with Crippen molar-refractivity contribution in [3.05, 3.63) is 64.2 Å². The average molecular weight is 322 g/mol. The van der Waals surface area contributed by atoms with Gasteiger partial charge in [0.15, 0.2) is 11.6 Å². The fourth-order valence-corrected chi connectivity index (χ4v) is 3.41. The Labute approximate surface area is 142 Å². The summed E-state index contributed by atoms with van der Waals surface area (Å²) in [6.45, 7) is 2.07. The first kappa shape index (κ1) is 16.4. The topological polar surface area (TPSA) is 54.4 Å². The average Bonchev–Trinajstić information content (AvgIpc) is 2.55. The molecule has 0 unspecified atom stereocenters. The molecule has 0 atom stereocenters. The number of aromatic hydroxyl groups is 1. The summed E-state index contributed by atoms with van der Waals surface area (Å²) in [6, 6.07) is 11.1. The smallest absolute Gasteiger partial charge is 0.163 e. The number of hydrogen-bond acceptors (Lipinski definition) is 3. The summed E-state index contributed by atoms with van der Waals surface area (Å²) in [7, 11) is 0. The molecule has 0 amide bonds. The molecule has 3 nitrogen and oxygen atoms in total. The van der Waals surface area contributed by atoms with E-state index in [1.54, 1.807) is 18.2 Å². The predicted octanol–water partition coefficient (Wildman–Crippen LogP) is 4.43. The van der Waals surface area contributed by atoms with Crippen molar-refractivity contribution in [1.29, 1.82) is 0 Å². The number of ketones is 2. The van der Waals surface area contributed by atoms with Crippen LogP contribution in [0.1, 0.15) is 63.1 Å². The van der Waals surface area contributed by atoms with E-state index in [4.69, 9.17) is 5.11 Å². The Morgan fingerprint density at radius 3 is 1.92 bits per heavy atom. The number of carbonyl (C=O) groups excluding carboxylic acids is 2. The Morgan fingerprint density at radius 1 is 0.750 bits per heavy atom. The second-order valence-corrected chi connectivity index (χ2v) is 6.56. The largest absolute Gasteiger partial charge is 0.508 e. The van der Waals surface area contributed by atoms with Gasteiger partial charge in [0.2, 0.25) is 0 Å². The van der Waals surface area contributed by atoms with Crippen LogP contribution >= 0.6 is 0 Å². The lowest BCUT2D eigenvalue weighted by molar-refractivity contribution is 0.0964. The van der Waals surface area contributed by atoms with E-state index in [0.717, 1.165) is 48.8 Å². The molecule has 0 bridgehead atoms. The van der Waals surface area contributed by atoms with E-state index in [0.29, 0.717) is 12.2 Å². The van der Waals surface area contributed by atoms with Gasteiger partial charge >= 0.3 is 0 Å². The summed E-state index contributed by atoms with van der Waals surface area (Å²) in [5.74, 6) is 0.774. The van der Waals surface area contributed by atoms with Crippen molar-refractivity contribution in [3.63, 3.8) is 0 Å². The molecule has 3 heteroatoms. The van der Waals surface area contributed by atoms with Crippen molar-refractivity contribution < 1.29 is 14.7 Å². The van der Waals surface area contributed by atoms with Crippen molar-refractivity contribution in [2.45, 2.75) is 45.4 Å². The van der Waals surface area contributed by atoms with E-state index >= 15 is 0 Å². The van der Waals surface area contributed by atoms with Crippen molar-refractivity contribution in [2.24, 2.45) is 0 Å². The van der Waals surface area contributed by atoms with Crippen molar-refractivity contribution in [2.75, 3.05) is 0 Å². The van der Waals surface area contributed by atoms with Crippen LogP contribution in [-0.2, 0) is 12.8 Å². The molecule has 24 heavy (non-hydrogen) atoms. The zero-order valence-corrected chi connectivity index (χ0v) is 14.0. The van der Waals surface area contributed by atoms with Gasteiger partial charge in [0.1, 0.15) is 5.75 Å². The van der Waals surface area contributed by atoms with Crippen LogP contribution in [0.5, 0.6) is 5.75 Å². The fourth-order valence-electron chi connectivity index (χ4n) is 3.41. The van der Waals surface area contributed by atoms with Gasteiger partial charge in [0.25, 0.3) is 0 Å². The zero-order chi connectivity index (χ0) is 17.1. The minimum absolute atomic E-state index is 0.205. The molecule has 0 fully saturated rings. The molecule has 1 N–H and O–H groups in total. The lowest BCUT2D eigenvalue weighted by Crippen LogP contribution is -2.10. The van der Waals surface area contributed by atoms with Crippen LogP contribution in [0.15, 0.2) is 36.4 Å². The lowest BCUT2D eigenvalue weighted by atomic mass is 9.90. The van der Waals surface area contributed by atoms with Gasteiger partial charge in [-0.2, -0.15) is 0 Å². The predicted molar refractivity (Wildman–Crippen MR) is 93.8 cm³/mol. The van der Waals surface area contributed by atoms with Crippen LogP contribution < -0.4 is 0 Å². The third-order valence-electron chi connectivity index (χ3n) is 4.65. The number of phenols is 1. The van der Waals surface area contributed by atoms with Crippen molar-refractivity contribution in [3.8, 4) is 5.75 Å². The standard InChI is InChI=1S/C11H12O.C10H10O2/c1-8-5-6-10-9(7-8)3-2-4-11(10)12;11-8-4-5-9-7(6-8)2-1-3-10(9)12/h5-7H,2-4H2,1H3;4-6,11H,1-3H2. The van der Waals surface area contributed by atoms with Crippen molar-refractivity contribution in [1.82, 2.24) is 0 Å². The van der Waals surface area contributed by atoms with E-state index in [2.05, 4.69) is 13.0 Å². The summed E-state index contributed by atoms with van der Waals surface area (Å²) in [4.78, 5) is 22.7. The summed E-state index contributed by atoms with van der Waals surface area (Å²) >= 11 is 0. The summed E-state index contributed by atoms with van der Waals surface area (Å²) < 4.78 is 0.